The van der Waals surface area contributed by atoms with Gasteiger partial charge in [-0.15, -0.1) is 17.8 Å². The fourth-order valence-electron chi connectivity index (χ4n) is 4.08. The van der Waals surface area contributed by atoms with E-state index < -0.39 is 39.8 Å². The minimum absolute atomic E-state index is 0.123. The Bertz CT molecular complexity index is 1240. The lowest BCUT2D eigenvalue weighted by Gasteiger charge is -2.33. The zero-order valence-corrected chi connectivity index (χ0v) is 21.6. The molecule has 0 saturated heterocycles. The van der Waals surface area contributed by atoms with Crippen molar-refractivity contribution >= 4 is 46.2 Å². The van der Waals surface area contributed by atoms with Gasteiger partial charge in [0.2, 0.25) is 0 Å². The molecule has 4 nitrogen and oxygen atoms in total. The molecule has 3 N–H and O–H groups in total. The molecule has 36 heavy (non-hydrogen) atoms. The van der Waals surface area contributed by atoms with Gasteiger partial charge < -0.3 is 16.0 Å². The van der Waals surface area contributed by atoms with Gasteiger partial charge in [0.05, 0.1) is 44.0 Å². The van der Waals surface area contributed by atoms with Gasteiger partial charge in [0.1, 0.15) is 0 Å². The molecule has 1 aliphatic rings. The topological polar surface area (TPSA) is 65.0 Å². The molecule has 0 radical (unpaired) electrons. The summed E-state index contributed by atoms with van der Waals surface area (Å²) >= 11 is 12.6. The van der Waals surface area contributed by atoms with Gasteiger partial charge in [-0.05, 0) is 55.0 Å². The minimum atomic E-state index is -4.80. The highest BCUT2D eigenvalue weighted by atomic mass is 35.5. The third kappa shape index (κ3) is 5.56. The quantitative estimate of drug-likeness (QED) is 0.143. The molecule has 0 unspecified atom stereocenters. The van der Waals surface area contributed by atoms with Crippen molar-refractivity contribution in [3.05, 3.63) is 66.7 Å². The average Bonchev–Trinajstić information content (AvgIpc) is 3.41. The van der Waals surface area contributed by atoms with E-state index in [1.165, 1.54) is 0 Å². The number of nitrogens with one attached hydrogen (secondary N) is 3. The standard InChI is InChI=1S/C25H23Cl2F4N3OS/c1-4-8-33-13(2)12-34-23(35)22-16-7-5-6-15(16)21(36-22)19(32)11-24(3,25(29,30)31)14-9-17(26)20(28)18(27)10-14/h1,9-10,32-33H,2,5-8,11-12H2,3H3,(H,34,35)/t24-/m0/s1. The number of terminal acetylenes is 1. The minimum Gasteiger partial charge on any atom is -0.376 e. The molecule has 2 aromatic rings. The fraction of sp³-hybridized carbons (Fsp3) is 0.360. The first-order valence-corrected chi connectivity index (χ1v) is 12.4. The summed E-state index contributed by atoms with van der Waals surface area (Å²) in [4.78, 5) is 13.6. The molecular formula is C25H23Cl2F4N3OS. The summed E-state index contributed by atoms with van der Waals surface area (Å²) in [7, 11) is 0. The molecule has 3 rings (SSSR count). The van der Waals surface area contributed by atoms with E-state index in [0.29, 0.717) is 28.3 Å². The molecule has 0 spiro atoms. The van der Waals surface area contributed by atoms with Gasteiger partial charge in [-0.3, -0.25) is 4.79 Å². The van der Waals surface area contributed by atoms with E-state index in [0.717, 1.165) is 47.9 Å². The summed E-state index contributed by atoms with van der Waals surface area (Å²) in [5, 5.41) is 13.2. The first-order chi connectivity index (χ1) is 16.8. The average molecular weight is 560 g/mol. The number of fused-ring (bicyclic) bond motifs is 1. The van der Waals surface area contributed by atoms with Crippen molar-refractivity contribution in [3.63, 3.8) is 0 Å². The van der Waals surface area contributed by atoms with E-state index in [4.69, 9.17) is 35.0 Å². The summed E-state index contributed by atoms with van der Waals surface area (Å²) in [6, 6.07) is 1.78. The largest absolute Gasteiger partial charge is 0.398 e. The molecule has 0 saturated carbocycles. The predicted octanol–water partition coefficient (Wildman–Crippen LogP) is 6.43. The Morgan fingerprint density at radius 1 is 1.19 bits per heavy atom. The molecule has 1 atom stereocenters. The number of hydrogen-bond donors (Lipinski definition) is 3. The molecule has 1 amide bonds. The van der Waals surface area contributed by atoms with Crippen LogP contribution in [0.15, 0.2) is 24.4 Å². The second-order valence-electron chi connectivity index (χ2n) is 8.65. The Balaban J connectivity index is 1.91. The third-order valence-electron chi connectivity index (χ3n) is 6.13. The van der Waals surface area contributed by atoms with Crippen molar-refractivity contribution < 1.29 is 22.4 Å². The highest BCUT2D eigenvalue weighted by Crippen LogP contribution is 2.47. The predicted molar refractivity (Wildman–Crippen MR) is 136 cm³/mol. The maximum absolute atomic E-state index is 14.3. The second kappa shape index (κ2) is 10.8. The van der Waals surface area contributed by atoms with Gasteiger partial charge in [-0.1, -0.05) is 35.7 Å². The Morgan fingerprint density at radius 2 is 1.78 bits per heavy atom. The molecule has 0 bridgehead atoms. The van der Waals surface area contributed by atoms with E-state index >= 15 is 0 Å². The summed E-state index contributed by atoms with van der Waals surface area (Å²) in [6.45, 7) is 5.08. The molecule has 1 heterocycles. The fourth-order valence-corrected chi connectivity index (χ4v) is 5.83. The van der Waals surface area contributed by atoms with Crippen LogP contribution in [0.5, 0.6) is 0 Å². The zero-order chi connectivity index (χ0) is 26.8. The highest BCUT2D eigenvalue weighted by molar-refractivity contribution is 7.16. The van der Waals surface area contributed by atoms with Crippen LogP contribution in [-0.2, 0) is 18.3 Å². The number of carbonyl (C=O) groups excluding carboxylic acids is 1. The summed E-state index contributed by atoms with van der Waals surface area (Å²) < 4.78 is 56.9. The summed E-state index contributed by atoms with van der Waals surface area (Å²) in [5.41, 5.74) is -1.20. The normalized spacial score (nSPS) is 14.5. The molecule has 1 aromatic heterocycles. The number of thiophene rings is 1. The molecule has 11 heteroatoms. The van der Waals surface area contributed by atoms with Crippen molar-refractivity contribution in [2.24, 2.45) is 0 Å². The van der Waals surface area contributed by atoms with E-state index in [-0.39, 0.29) is 24.4 Å². The number of benzene rings is 1. The maximum Gasteiger partial charge on any atom is 0.398 e. The molecule has 0 aliphatic heterocycles. The van der Waals surface area contributed by atoms with Crippen LogP contribution in [0.1, 0.15) is 51.0 Å². The van der Waals surface area contributed by atoms with Crippen molar-refractivity contribution in [1.82, 2.24) is 10.6 Å². The smallest absolute Gasteiger partial charge is 0.376 e. The third-order valence-corrected chi connectivity index (χ3v) is 8.01. The summed E-state index contributed by atoms with van der Waals surface area (Å²) in [6.07, 6.45) is 1.54. The van der Waals surface area contributed by atoms with Crippen molar-refractivity contribution in [2.75, 3.05) is 13.1 Å². The Hall–Kier alpha value is -2.54. The number of halogens is 6. The highest BCUT2D eigenvalue weighted by Gasteiger charge is 2.53. The number of alkyl halides is 3. The van der Waals surface area contributed by atoms with Crippen molar-refractivity contribution in [3.8, 4) is 12.3 Å². The van der Waals surface area contributed by atoms with E-state index in [1.54, 1.807) is 0 Å². The lowest BCUT2D eigenvalue weighted by atomic mass is 9.76. The van der Waals surface area contributed by atoms with Crippen LogP contribution in [0.3, 0.4) is 0 Å². The second-order valence-corrected chi connectivity index (χ2v) is 10.5. The van der Waals surface area contributed by atoms with Gasteiger partial charge in [0.25, 0.3) is 5.91 Å². The first kappa shape index (κ1) is 28.0. The zero-order valence-electron chi connectivity index (χ0n) is 19.3. The molecule has 192 valence electrons. The first-order valence-electron chi connectivity index (χ1n) is 10.9. The van der Waals surface area contributed by atoms with Gasteiger partial charge in [-0.25, -0.2) is 4.39 Å². The Morgan fingerprint density at radius 3 is 2.33 bits per heavy atom. The number of carbonyl (C=O) groups is 1. The van der Waals surface area contributed by atoms with Crippen LogP contribution >= 0.6 is 34.5 Å². The van der Waals surface area contributed by atoms with Gasteiger partial charge in [0, 0.05) is 12.1 Å². The van der Waals surface area contributed by atoms with Gasteiger partial charge >= 0.3 is 6.18 Å². The lowest BCUT2D eigenvalue weighted by Crippen LogP contribution is -2.41. The SMILES string of the molecule is C#CCNC(=C)CNC(=O)c1sc(C(=N)C[C@@](C)(c2cc(Cl)c(F)c(Cl)c2)C(F)(F)F)c2c1CCC2. The van der Waals surface area contributed by atoms with E-state index in [9.17, 15) is 22.4 Å². The molecule has 0 fully saturated rings. The number of hydrogen-bond acceptors (Lipinski definition) is 4. The number of amides is 1. The van der Waals surface area contributed by atoms with Crippen LogP contribution in [0, 0.1) is 23.6 Å². The molecule has 1 aliphatic carbocycles. The van der Waals surface area contributed by atoms with E-state index in [2.05, 4.69) is 23.1 Å². The van der Waals surface area contributed by atoms with Gasteiger partial charge in [-0.2, -0.15) is 13.2 Å². The van der Waals surface area contributed by atoms with Crippen LogP contribution in [0.2, 0.25) is 10.0 Å². The van der Waals surface area contributed by atoms with Crippen LogP contribution in [0.4, 0.5) is 17.6 Å². The molecular weight excluding hydrogens is 537 g/mol. The van der Waals surface area contributed by atoms with Crippen molar-refractivity contribution in [1.29, 1.82) is 5.41 Å². The monoisotopic (exact) mass is 559 g/mol. The van der Waals surface area contributed by atoms with Gasteiger partial charge in [0.15, 0.2) is 5.82 Å². The van der Waals surface area contributed by atoms with Crippen LogP contribution in [-0.4, -0.2) is 30.9 Å². The summed E-state index contributed by atoms with van der Waals surface area (Å²) in [5.74, 6) is 0.997. The number of rotatable bonds is 9. The molecule has 1 aromatic carbocycles. The lowest BCUT2D eigenvalue weighted by molar-refractivity contribution is -0.183. The van der Waals surface area contributed by atoms with Crippen LogP contribution < -0.4 is 10.6 Å². The maximum atomic E-state index is 14.3. The Kier molecular flexibility index (Phi) is 8.44. The van der Waals surface area contributed by atoms with Crippen LogP contribution in [0.25, 0.3) is 0 Å². The van der Waals surface area contributed by atoms with E-state index in [1.807, 2.05) is 0 Å². The van der Waals surface area contributed by atoms with Crippen molar-refractivity contribution in [2.45, 2.75) is 44.2 Å². The Labute approximate surface area is 220 Å².